The molecule has 0 radical (unpaired) electrons. The van der Waals surface area contributed by atoms with Crippen molar-refractivity contribution in [1.82, 2.24) is 9.97 Å². The van der Waals surface area contributed by atoms with Crippen LogP contribution in [-0.2, 0) is 4.74 Å². The molecule has 0 amide bonds. The normalized spacial score (nSPS) is 20.4. The van der Waals surface area contributed by atoms with E-state index in [-0.39, 0.29) is 0 Å². The van der Waals surface area contributed by atoms with E-state index >= 15 is 0 Å². The molecule has 1 atom stereocenters. The second kappa shape index (κ2) is 4.14. The van der Waals surface area contributed by atoms with Crippen LogP contribution in [0.5, 0.6) is 0 Å². The van der Waals surface area contributed by atoms with Gasteiger partial charge in [-0.2, -0.15) is 0 Å². The summed E-state index contributed by atoms with van der Waals surface area (Å²) in [5.74, 6) is 0.830. The number of hydrogen-bond acceptors (Lipinski definition) is 3. The summed E-state index contributed by atoms with van der Waals surface area (Å²) in [7, 11) is 0. The summed E-state index contributed by atoms with van der Waals surface area (Å²) in [5, 5.41) is 3.28. The predicted octanol–water partition coefficient (Wildman–Crippen LogP) is 2.15. The largest absolute Gasteiger partial charge is 0.376 e. The first kappa shape index (κ1) is 9.66. The van der Waals surface area contributed by atoms with Crippen molar-refractivity contribution >= 4 is 17.0 Å². The molecule has 2 N–H and O–H groups in total. The smallest absolute Gasteiger partial charge is 0.201 e. The number of rotatable bonds is 3. The SMILES string of the molecule is c1ccc2[nH]c(NC[C@H]3CCCO3)nc2c1. The molecule has 0 aliphatic carbocycles. The molecule has 84 valence electrons. The number of hydrogen-bond donors (Lipinski definition) is 2. The van der Waals surface area contributed by atoms with Gasteiger partial charge in [-0.25, -0.2) is 4.98 Å². The third kappa shape index (κ3) is 1.88. The van der Waals surface area contributed by atoms with Crippen molar-refractivity contribution in [3.8, 4) is 0 Å². The maximum atomic E-state index is 5.54. The van der Waals surface area contributed by atoms with Gasteiger partial charge in [0.2, 0.25) is 5.95 Å². The van der Waals surface area contributed by atoms with E-state index in [4.69, 9.17) is 4.74 Å². The average molecular weight is 217 g/mol. The van der Waals surface area contributed by atoms with Crippen molar-refractivity contribution in [2.24, 2.45) is 0 Å². The van der Waals surface area contributed by atoms with Crippen molar-refractivity contribution in [3.05, 3.63) is 24.3 Å². The number of para-hydroxylation sites is 2. The highest BCUT2D eigenvalue weighted by Crippen LogP contribution is 2.15. The lowest BCUT2D eigenvalue weighted by Crippen LogP contribution is -2.18. The van der Waals surface area contributed by atoms with Gasteiger partial charge in [0.1, 0.15) is 0 Å². The van der Waals surface area contributed by atoms with Crippen molar-refractivity contribution in [2.45, 2.75) is 18.9 Å². The third-order valence-electron chi connectivity index (χ3n) is 2.91. The van der Waals surface area contributed by atoms with Crippen molar-refractivity contribution in [3.63, 3.8) is 0 Å². The first-order valence-corrected chi connectivity index (χ1v) is 5.72. The van der Waals surface area contributed by atoms with Crippen molar-refractivity contribution < 1.29 is 4.74 Å². The number of nitrogens with one attached hydrogen (secondary N) is 2. The summed E-state index contributed by atoms with van der Waals surface area (Å²) in [6.45, 7) is 1.73. The molecule has 1 aromatic heterocycles. The van der Waals surface area contributed by atoms with Crippen LogP contribution in [0.1, 0.15) is 12.8 Å². The monoisotopic (exact) mass is 217 g/mol. The number of imidazole rings is 1. The summed E-state index contributed by atoms with van der Waals surface area (Å²) in [6.07, 6.45) is 2.66. The zero-order valence-corrected chi connectivity index (χ0v) is 9.07. The highest BCUT2D eigenvalue weighted by Gasteiger charge is 2.15. The highest BCUT2D eigenvalue weighted by atomic mass is 16.5. The molecule has 0 unspecified atom stereocenters. The number of benzene rings is 1. The Kier molecular flexibility index (Phi) is 2.50. The van der Waals surface area contributed by atoms with Gasteiger partial charge in [0.25, 0.3) is 0 Å². The minimum Gasteiger partial charge on any atom is -0.376 e. The van der Waals surface area contributed by atoms with Crippen molar-refractivity contribution in [1.29, 1.82) is 0 Å². The van der Waals surface area contributed by atoms with E-state index in [9.17, 15) is 0 Å². The molecular formula is C12H15N3O. The molecule has 16 heavy (non-hydrogen) atoms. The van der Waals surface area contributed by atoms with Gasteiger partial charge in [-0.1, -0.05) is 12.1 Å². The molecular weight excluding hydrogens is 202 g/mol. The molecule has 1 aliphatic rings. The van der Waals surface area contributed by atoms with Gasteiger partial charge in [0.15, 0.2) is 0 Å². The number of nitrogens with zero attached hydrogens (tertiary/aromatic N) is 1. The summed E-state index contributed by atoms with van der Waals surface area (Å²) >= 11 is 0. The molecule has 1 aromatic carbocycles. The van der Waals surface area contributed by atoms with Crippen LogP contribution in [0.4, 0.5) is 5.95 Å². The Labute approximate surface area is 94.0 Å². The van der Waals surface area contributed by atoms with Crippen LogP contribution in [0.2, 0.25) is 0 Å². The molecule has 4 nitrogen and oxygen atoms in total. The minimum atomic E-state index is 0.341. The minimum absolute atomic E-state index is 0.341. The van der Waals surface area contributed by atoms with E-state index in [0.29, 0.717) is 6.10 Å². The van der Waals surface area contributed by atoms with E-state index in [1.54, 1.807) is 0 Å². The zero-order chi connectivity index (χ0) is 10.8. The number of anilines is 1. The number of aromatic nitrogens is 2. The van der Waals surface area contributed by atoms with E-state index < -0.39 is 0 Å². The number of ether oxygens (including phenoxy) is 1. The Balaban J connectivity index is 1.69. The van der Waals surface area contributed by atoms with E-state index in [2.05, 4.69) is 15.3 Å². The quantitative estimate of drug-likeness (QED) is 0.828. The Morgan fingerprint density at radius 1 is 1.44 bits per heavy atom. The summed E-state index contributed by atoms with van der Waals surface area (Å²) < 4.78 is 5.54. The lowest BCUT2D eigenvalue weighted by atomic mass is 10.2. The van der Waals surface area contributed by atoms with Gasteiger partial charge in [-0.3, -0.25) is 0 Å². The molecule has 0 spiro atoms. The van der Waals surface area contributed by atoms with Crippen LogP contribution < -0.4 is 5.32 Å². The standard InChI is InChI=1S/C12H15N3O/c1-2-6-11-10(5-1)14-12(15-11)13-8-9-4-3-7-16-9/h1-2,5-6,9H,3-4,7-8H2,(H2,13,14,15)/t9-/m1/s1. The first-order chi connectivity index (χ1) is 7.92. The maximum absolute atomic E-state index is 5.54. The van der Waals surface area contributed by atoms with E-state index in [1.165, 1.54) is 6.42 Å². The maximum Gasteiger partial charge on any atom is 0.201 e. The fourth-order valence-electron chi connectivity index (χ4n) is 2.05. The van der Waals surface area contributed by atoms with Gasteiger partial charge in [0, 0.05) is 13.2 Å². The number of H-pyrrole nitrogens is 1. The fraction of sp³-hybridized carbons (Fsp3) is 0.417. The van der Waals surface area contributed by atoms with Crippen LogP contribution in [0.3, 0.4) is 0 Å². The second-order valence-corrected chi connectivity index (χ2v) is 4.12. The number of aromatic amines is 1. The van der Waals surface area contributed by atoms with E-state index in [1.807, 2.05) is 24.3 Å². The summed E-state index contributed by atoms with van der Waals surface area (Å²) in [6, 6.07) is 8.03. The Morgan fingerprint density at radius 2 is 2.38 bits per heavy atom. The van der Waals surface area contributed by atoms with Gasteiger partial charge in [-0.15, -0.1) is 0 Å². The molecule has 0 bridgehead atoms. The van der Waals surface area contributed by atoms with E-state index in [0.717, 1.165) is 36.6 Å². The molecule has 1 saturated heterocycles. The Bertz CT molecular complexity index is 441. The van der Waals surface area contributed by atoms with Crippen LogP contribution in [0.15, 0.2) is 24.3 Å². The highest BCUT2D eigenvalue weighted by molar-refractivity contribution is 5.77. The molecule has 4 heteroatoms. The Morgan fingerprint density at radius 3 is 3.19 bits per heavy atom. The molecule has 1 fully saturated rings. The third-order valence-corrected chi connectivity index (χ3v) is 2.91. The van der Waals surface area contributed by atoms with Gasteiger partial charge in [-0.05, 0) is 25.0 Å². The van der Waals surface area contributed by atoms with Gasteiger partial charge in [0.05, 0.1) is 17.1 Å². The molecule has 0 saturated carbocycles. The molecule has 2 heterocycles. The molecule has 3 rings (SSSR count). The molecule has 1 aliphatic heterocycles. The van der Waals surface area contributed by atoms with Crippen LogP contribution in [0.25, 0.3) is 11.0 Å². The van der Waals surface area contributed by atoms with Crippen LogP contribution in [-0.4, -0.2) is 29.2 Å². The van der Waals surface area contributed by atoms with Crippen molar-refractivity contribution in [2.75, 3.05) is 18.5 Å². The topological polar surface area (TPSA) is 49.9 Å². The lowest BCUT2D eigenvalue weighted by molar-refractivity contribution is 0.120. The van der Waals surface area contributed by atoms with Crippen LogP contribution in [0, 0.1) is 0 Å². The average Bonchev–Trinajstić information content (AvgIpc) is 2.95. The summed E-state index contributed by atoms with van der Waals surface area (Å²) in [4.78, 5) is 7.69. The lowest BCUT2D eigenvalue weighted by Gasteiger charge is -2.09. The predicted molar refractivity (Wildman–Crippen MR) is 63.6 cm³/mol. The second-order valence-electron chi connectivity index (χ2n) is 4.12. The van der Waals surface area contributed by atoms with Crippen LogP contribution >= 0.6 is 0 Å². The Hall–Kier alpha value is -1.55. The summed E-state index contributed by atoms with van der Waals surface area (Å²) in [5.41, 5.74) is 2.06. The zero-order valence-electron chi connectivity index (χ0n) is 9.07. The fourth-order valence-corrected chi connectivity index (χ4v) is 2.05. The molecule has 2 aromatic rings. The number of fused-ring (bicyclic) bond motifs is 1. The van der Waals surface area contributed by atoms with Gasteiger partial charge < -0.3 is 15.0 Å². The first-order valence-electron chi connectivity index (χ1n) is 5.72. The van der Waals surface area contributed by atoms with Gasteiger partial charge >= 0.3 is 0 Å².